The molecule has 0 bridgehead atoms. The lowest BCUT2D eigenvalue weighted by atomic mass is 9.86. The number of carboxylic acid groups (broad SMARTS) is 1. The number of aliphatic hydroxyl groups is 2. The number of aliphatic carboxylic acids is 1. The lowest BCUT2D eigenvalue weighted by Gasteiger charge is -2.20. The summed E-state index contributed by atoms with van der Waals surface area (Å²) in [5, 5.41) is 25.6. The lowest BCUT2D eigenvalue weighted by molar-refractivity contribution is -0.161. The van der Waals surface area contributed by atoms with Crippen LogP contribution in [-0.4, -0.2) is 46.6 Å². The van der Waals surface area contributed by atoms with Crippen molar-refractivity contribution in [3.8, 4) is 0 Å². The molecule has 12 heavy (non-hydrogen) atoms. The van der Waals surface area contributed by atoms with Crippen molar-refractivity contribution in [1.29, 1.82) is 0 Å². The zero-order valence-corrected chi connectivity index (χ0v) is 6.01. The summed E-state index contributed by atoms with van der Waals surface area (Å²) in [6.07, 6.45) is -2.38. The first-order chi connectivity index (χ1) is 5.54. The van der Waals surface area contributed by atoms with Crippen LogP contribution in [0, 0.1) is 5.41 Å². The molecule has 6 heteroatoms. The molecule has 0 aliphatic carbocycles. The van der Waals surface area contributed by atoms with Crippen LogP contribution < -0.4 is 0 Å². The molecule has 0 rings (SSSR count). The largest absolute Gasteiger partial charge is 0.479 e. The Balaban J connectivity index is 4.82. The van der Waals surface area contributed by atoms with Gasteiger partial charge < -0.3 is 24.9 Å². The van der Waals surface area contributed by atoms with Crippen LogP contribution in [0.3, 0.4) is 0 Å². The van der Waals surface area contributed by atoms with E-state index in [0.717, 1.165) is 0 Å². The van der Waals surface area contributed by atoms with Crippen molar-refractivity contribution in [3.05, 3.63) is 0 Å². The molecule has 0 heterocycles. The molecule has 0 aromatic carbocycles. The number of rotatable bonds is 5. The van der Waals surface area contributed by atoms with Crippen molar-refractivity contribution >= 4 is 18.5 Å². The van der Waals surface area contributed by atoms with Crippen molar-refractivity contribution in [2.24, 2.45) is 5.41 Å². The van der Waals surface area contributed by atoms with E-state index < -0.39 is 24.1 Å². The minimum absolute atomic E-state index is 0.0845. The average Bonchev–Trinajstić information content (AvgIpc) is 2.08. The SMILES string of the molecule is O=CC(C=O)(CO)C(O)C(=O)O. The van der Waals surface area contributed by atoms with Crippen LogP contribution >= 0.6 is 0 Å². The molecule has 0 aromatic rings. The van der Waals surface area contributed by atoms with Gasteiger partial charge in [-0.2, -0.15) is 0 Å². The van der Waals surface area contributed by atoms with E-state index in [1.807, 2.05) is 0 Å². The fourth-order valence-electron chi connectivity index (χ4n) is 0.548. The highest BCUT2D eigenvalue weighted by molar-refractivity contribution is 5.92. The van der Waals surface area contributed by atoms with E-state index in [9.17, 15) is 14.4 Å². The van der Waals surface area contributed by atoms with E-state index in [1.54, 1.807) is 0 Å². The fraction of sp³-hybridized carbons (Fsp3) is 0.500. The van der Waals surface area contributed by atoms with Gasteiger partial charge in [-0.25, -0.2) is 4.79 Å². The predicted octanol–water partition coefficient (Wildman–Crippen LogP) is -2.19. The predicted molar refractivity (Wildman–Crippen MR) is 35.3 cm³/mol. The molecule has 0 aromatic heterocycles. The standard InChI is InChI=1S/C6H8O6/c7-1-6(2-8,3-9)4(10)5(11)12/h1-2,4,9-10H,3H2,(H,11,12). The molecule has 0 aliphatic heterocycles. The minimum Gasteiger partial charge on any atom is -0.479 e. The molecule has 6 nitrogen and oxygen atoms in total. The van der Waals surface area contributed by atoms with Crippen LogP contribution in [0.15, 0.2) is 0 Å². The molecule has 0 radical (unpaired) electrons. The monoisotopic (exact) mass is 176 g/mol. The molecule has 0 fully saturated rings. The molecule has 0 saturated heterocycles. The number of hydrogen-bond acceptors (Lipinski definition) is 5. The highest BCUT2D eigenvalue weighted by atomic mass is 16.4. The molecular weight excluding hydrogens is 168 g/mol. The van der Waals surface area contributed by atoms with Gasteiger partial charge in [0.25, 0.3) is 0 Å². The third-order valence-electron chi connectivity index (χ3n) is 1.46. The second kappa shape index (κ2) is 3.93. The first kappa shape index (κ1) is 10.7. The summed E-state index contributed by atoms with van der Waals surface area (Å²) in [5.41, 5.74) is -2.24. The Morgan fingerprint density at radius 1 is 1.42 bits per heavy atom. The van der Waals surface area contributed by atoms with Crippen molar-refractivity contribution in [1.82, 2.24) is 0 Å². The summed E-state index contributed by atoms with van der Waals surface area (Å²) in [6.45, 7) is -1.03. The molecule has 1 unspecified atom stereocenters. The summed E-state index contributed by atoms with van der Waals surface area (Å²) in [6, 6.07) is 0. The van der Waals surface area contributed by atoms with Gasteiger partial charge in [-0.3, -0.25) is 0 Å². The summed E-state index contributed by atoms with van der Waals surface area (Å²) in [5.74, 6) is -1.73. The van der Waals surface area contributed by atoms with Crippen molar-refractivity contribution in [2.45, 2.75) is 6.10 Å². The summed E-state index contributed by atoms with van der Waals surface area (Å²) >= 11 is 0. The second-order valence-corrected chi connectivity index (χ2v) is 2.25. The van der Waals surface area contributed by atoms with E-state index in [4.69, 9.17) is 15.3 Å². The quantitative estimate of drug-likeness (QED) is 0.324. The Kier molecular flexibility index (Phi) is 3.52. The molecule has 68 valence electrons. The number of aliphatic hydroxyl groups excluding tert-OH is 2. The van der Waals surface area contributed by atoms with Crippen molar-refractivity contribution in [2.75, 3.05) is 6.61 Å². The van der Waals surface area contributed by atoms with Crippen LogP contribution in [-0.2, 0) is 14.4 Å². The number of hydrogen-bond donors (Lipinski definition) is 3. The summed E-state index contributed by atoms with van der Waals surface area (Å²) in [4.78, 5) is 30.6. The normalized spacial score (nSPS) is 13.5. The Hall–Kier alpha value is -1.27. The van der Waals surface area contributed by atoms with Crippen LogP contribution in [0.5, 0.6) is 0 Å². The van der Waals surface area contributed by atoms with E-state index in [0.29, 0.717) is 0 Å². The van der Waals surface area contributed by atoms with Gasteiger partial charge >= 0.3 is 5.97 Å². The molecule has 0 saturated carbocycles. The molecule has 0 amide bonds. The molecule has 0 spiro atoms. The Labute approximate surface area is 67.4 Å². The molecule has 3 N–H and O–H groups in total. The molecular formula is C6H8O6. The second-order valence-electron chi connectivity index (χ2n) is 2.25. The summed E-state index contributed by atoms with van der Waals surface area (Å²) in [7, 11) is 0. The Morgan fingerprint density at radius 3 is 1.92 bits per heavy atom. The van der Waals surface area contributed by atoms with Gasteiger partial charge in [0.15, 0.2) is 6.10 Å². The van der Waals surface area contributed by atoms with Gasteiger partial charge in [-0.1, -0.05) is 0 Å². The average molecular weight is 176 g/mol. The number of carboxylic acids is 1. The first-order valence-corrected chi connectivity index (χ1v) is 2.98. The van der Waals surface area contributed by atoms with Crippen LogP contribution in [0.1, 0.15) is 0 Å². The smallest absolute Gasteiger partial charge is 0.334 e. The van der Waals surface area contributed by atoms with Gasteiger partial charge in [0, 0.05) is 0 Å². The van der Waals surface area contributed by atoms with Crippen LogP contribution in [0.25, 0.3) is 0 Å². The van der Waals surface area contributed by atoms with Gasteiger partial charge in [0.1, 0.15) is 18.0 Å². The lowest BCUT2D eigenvalue weighted by Crippen LogP contribution is -2.46. The zero-order valence-electron chi connectivity index (χ0n) is 6.01. The first-order valence-electron chi connectivity index (χ1n) is 2.98. The van der Waals surface area contributed by atoms with Gasteiger partial charge in [0.2, 0.25) is 0 Å². The van der Waals surface area contributed by atoms with Crippen molar-refractivity contribution < 1.29 is 29.7 Å². The van der Waals surface area contributed by atoms with E-state index in [1.165, 1.54) is 0 Å². The van der Waals surface area contributed by atoms with Gasteiger partial charge in [0.05, 0.1) is 6.61 Å². The topological polar surface area (TPSA) is 112 Å². The molecule has 1 atom stereocenters. The maximum Gasteiger partial charge on any atom is 0.334 e. The Bertz CT molecular complexity index is 190. The maximum absolute atomic E-state index is 10.2. The fourth-order valence-corrected chi connectivity index (χ4v) is 0.548. The Morgan fingerprint density at radius 2 is 1.83 bits per heavy atom. The van der Waals surface area contributed by atoms with Gasteiger partial charge in [-0.15, -0.1) is 0 Å². The highest BCUT2D eigenvalue weighted by Crippen LogP contribution is 2.15. The van der Waals surface area contributed by atoms with Crippen LogP contribution in [0.4, 0.5) is 0 Å². The zero-order chi connectivity index (χ0) is 9.78. The van der Waals surface area contributed by atoms with E-state index >= 15 is 0 Å². The van der Waals surface area contributed by atoms with E-state index in [2.05, 4.69) is 0 Å². The molecule has 0 aliphatic rings. The number of carbonyl (C=O) groups excluding carboxylic acids is 2. The highest BCUT2D eigenvalue weighted by Gasteiger charge is 2.42. The summed E-state index contributed by atoms with van der Waals surface area (Å²) < 4.78 is 0. The van der Waals surface area contributed by atoms with Gasteiger partial charge in [-0.05, 0) is 0 Å². The maximum atomic E-state index is 10.2. The van der Waals surface area contributed by atoms with Crippen molar-refractivity contribution in [3.63, 3.8) is 0 Å². The number of aldehydes is 2. The van der Waals surface area contributed by atoms with Crippen LogP contribution in [0.2, 0.25) is 0 Å². The van der Waals surface area contributed by atoms with E-state index in [-0.39, 0.29) is 12.6 Å². The minimum atomic E-state index is -2.24. The third-order valence-corrected chi connectivity index (χ3v) is 1.46. The number of carbonyl (C=O) groups is 3. The third kappa shape index (κ3) is 1.66.